The molecule has 0 nitrogen and oxygen atoms in total. The largest absolute Gasteiger partial charge is 0.172 e. The SMILES string of the molecule is C=CC=[CH][Al].Cl.Cl. The van der Waals surface area contributed by atoms with E-state index < -0.39 is 0 Å². The number of halogens is 2. The maximum Gasteiger partial charge on any atom is 0.162 e. The van der Waals surface area contributed by atoms with E-state index in [2.05, 4.69) is 22.9 Å². The van der Waals surface area contributed by atoms with Crippen molar-refractivity contribution >= 4 is 41.1 Å². The van der Waals surface area contributed by atoms with Crippen LogP contribution >= 0.6 is 24.8 Å². The topological polar surface area (TPSA) is 0 Å². The quantitative estimate of drug-likeness (QED) is 0.397. The van der Waals surface area contributed by atoms with E-state index in [-0.39, 0.29) is 24.8 Å². The summed E-state index contributed by atoms with van der Waals surface area (Å²) < 4.78 is 0. The molecule has 0 fully saturated rings. The Morgan fingerprint density at radius 1 is 1.29 bits per heavy atom. The average molecular weight is 153 g/mol. The second kappa shape index (κ2) is 16.0. The van der Waals surface area contributed by atoms with Crippen LogP contribution in [0, 0.1) is 0 Å². The van der Waals surface area contributed by atoms with Crippen LogP contribution in [-0.4, -0.2) is 16.3 Å². The van der Waals surface area contributed by atoms with E-state index in [0.29, 0.717) is 0 Å². The molecule has 0 aromatic carbocycles. The maximum absolute atomic E-state index is 3.45. The van der Waals surface area contributed by atoms with Gasteiger partial charge in [0.05, 0.1) is 0 Å². The second-order valence-corrected chi connectivity index (χ2v) is 1.01. The van der Waals surface area contributed by atoms with Crippen LogP contribution in [0.4, 0.5) is 0 Å². The van der Waals surface area contributed by atoms with Crippen molar-refractivity contribution < 1.29 is 0 Å². The van der Waals surface area contributed by atoms with Crippen LogP contribution in [0.3, 0.4) is 0 Å². The predicted octanol–water partition coefficient (Wildman–Crippen LogP) is 1.70. The number of hydrogen-bond acceptors (Lipinski definition) is 0. The molecular weight excluding hydrogens is 146 g/mol. The first-order valence-corrected chi connectivity index (χ1v) is 2.07. The fourth-order valence-electron chi connectivity index (χ4n) is 0.0786. The van der Waals surface area contributed by atoms with Gasteiger partial charge in [-0.2, -0.15) is 4.94 Å². The predicted molar refractivity (Wildman–Crippen MR) is 39.6 cm³/mol. The molecule has 0 bridgehead atoms. The van der Waals surface area contributed by atoms with Gasteiger partial charge in [0.1, 0.15) is 0 Å². The molecule has 0 heterocycles. The normalized spacial score (nSPS) is 6.29. The monoisotopic (exact) mass is 152 g/mol. The minimum atomic E-state index is 0. The number of allylic oxidation sites excluding steroid dienone is 2. The third-order valence-electron chi connectivity index (χ3n) is 0.247. The molecule has 0 N–H and O–H groups in total. The van der Waals surface area contributed by atoms with E-state index in [1.165, 1.54) is 0 Å². The van der Waals surface area contributed by atoms with E-state index in [4.69, 9.17) is 0 Å². The fraction of sp³-hybridized carbons (Fsp3) is 0. The summed E-state index contributed by atoms with van der Waals surface area (Å²) in [5.74, 6) is 0. The molecule has 0 aromatic heterocycles. The Bertz CT molecular complexity index is 51.7. The standard InChI is InChI=1S/C4H5.Al.2ClH/c1-3-4-2;;;/h1,3-4H,2H2;;2*1H. The average Bonchev–Trinajstić information content (AvgIpc) is 1.41. The van der Waals surface area contributed by atoms with Crippen molar-refractivity contribution in [1.29, 1.82) is 0 Å². The Balaban J connectivity index is -0.0000000800. The minimum Gasteiger partial charge on any atom is -0.172 e. The molecule has 0 saturated heterocycles. The molecule has 0 spiro atoms. The number of rotatable bonds is 1. The fourth-order valence-corrected chi connectivity index (χ4v) is 0.236. The molecule has 40 valence electrons. The molecule has 0 saturated carbocycles. The first-order valence-electron chi connectivity index (χ1n) is 1.41. The van der Waals surface area contributed by atoms with Gasteiger partial charge in [0.2, 0.25) is 0 Å². The van der Waals surface area contributed by atoms with Crippen LogP contribution in [-0.2, 0) is 0 Å². The van der Waals surface area contributed by atoms with Gasteiger partial charge in [-0.05, 0) is 0 Å². The summed E-state index contributed by atoms with van der Waals surface area (Å²) in [6.45, 7) is 3.45. The molecule has 0 aliphatic heterocycles. The first kappa shape index (κ1) is 15.6. The summed E-state index contributed by atoms with van der Waals surface area (Å²) in [6.07, 6.45) is 3.58. The zero-order valence-corrected chi connectivity index (χ0v) is 6.62. The molecule has 2 radical (unpaired) electrons. The highest BCUT2D eigenvalue weighted by atomic mass is 35.5. The van der Waals surface area contributed by atoms with Crippen LogP contribution in [0.5, 0.6) is 0 Å². The molecule has 0 atom stereocenters. The van der Waals surface area contributed by atoms with Gasteiger partial charge in [0.15, 0.2) is 16.3 Å². The van der Waals surface area contributed by atoms with Crippen molar-refractivity contribution in [2.75, 3.05) is 0 Å². The lowest BCUT2D eigenvalue weighted by molar-refractivity contribution is 2.11. The minimum absolute atomic E-state index is 0. The van der Waals surface area contributed by atoms with Gasteiger partial charge in [0.25, 0.3) is 0 Å². The Labute approximate surface area is 64.9 Å². The van der Waals surface area contributed by atoms with Crippen LogP contribution in [0.25, 0.3) is 0 Å². The van der Waals surface area contributed by atoms with Gasteiger partial charge in [-0.15, -0.1) is 24.8 Å². The highest BCUT2D eigenvalue weighted by Crippen LogP contribution is 1.60. The summed E-state index contributed by atoms with van der Waals surface area (Å²) in [4.78, 5) is 1.85. The van der Waals surface area contributed by atoms with Gasteiger partial charge in [-0.3, -0.25) is 0 Å². The molecule has 0 aliphatic carbocycles. The van der Waals surface area contributed by atoms with Gasteiger partial charge >= 0.3 is 0 Å². The van der Waals surface area contributed by atoms with Crippen LogP contribution in [0.2, 0.25) is 0 Å². The Hall–Kier alpha value is 0.592. The van der Waals surface area contributed by atoms with Gasteiger partial charge in [-0.25, -0.2) is 0 Å². The third kappa shape index (κ3) is 20.7. The van der Waals surface area contributed by atoms with Crippen molar-refractivity contribution in [2.45, 2.75) is 0 Å². The summed E-state index contributed by atoms with van der Waals surface area (Å²) in [6, 6.07) is 0. The molecule has 0 aliphatic rings. The van der Waals surface area contributed by atoms with Crippen molar-refractivity contribution in [3.05, 3.63) is 23.7 Å². The second-order valence-electron chi connectivity index (χ2n) is 0.621. The van der Waals surface area contributed by atoms with Crippen LogP contribution in [0.15, 0.2) is 23.7 Å². The lowest BCUT2D eigenvalue weighted by Crippen LogP contribution is -1.43. The summed E-state index contributed by atoms with van der Waals surface area (Å²) in [5.41, 5.74) is 0. The summed E-state index contributed by atoms with van der Waals surface area (Å²) in [5, 5.41) is 0. The van der Waals surface area contributed by atoms with Crippen LogP contribution in [0.1, 0.15) is 0 Å². The lowest BCUT2D eigenvalue weighted by atomic mass is 10.6. The van der Waals surface area contributed by atoms with Gasteiger partial charge < -0.3 is 0 Å². The van der Waals surface area contributed by atoms with E-state index >= 15 is 0 Å². The van der Waals surface area contributed by atoms with Crippen molar-refractivity contribution in [3.8, 4) is 0 Å². The van der Waals surface area contributed by atoms with Crippen molar-refractivity contribution in [1.82, 2.24) is 0 Å². The summed E-state index contributed by atoms with van der Waals surface area (Å²) in [7, 11) is 0. The smallest absolute Gasteiger partial charge is 0.162 e. The molecule has 0 rings (SSSR count). The highest BCUT2D eigenvalue weighted by Gasteiger charge is 1.42. The maximum atomic E-state index is 3.45. The Morgan fingerprint density at radius 3 is 1.71 bits per heavy atom. The number of hydrogen-bond donors (Lipinski definition) is 0. The highest BCUT2D eigenvalue weighted by molar-refractivity contribution is 6.17. The Kier molecular flexibility index (Phi) is 35.7. The van der Waals surface area contributed by atoms with E-state index in [1.807, 2.05) is 11.0 Å². The molecule has 3 heteroatoms. The van der Waals surface area contributed by atoms with Gasteiger partial charge in [0, 0.05) is 0 Å². The summed E-state index contributed by atoms with van der Waals surface area (Å²) >= 11 is 2.45. The van der Waals surface area contributed by atoms with E-state index in [0.717, 1.165) is 0 Å². The molecular formula is C4H7AlCl2. The first-order chi connectivity index (χ1) is 2.41. The zero-order valence-electron chi connectivity index (χ0n) is 3.83. The molecule has 0 aromatic rings. The molecule has 0 unspecified atom stereocenters. The molecule has 0 amide bonds. The zero-order chi connectivity index (χ0) is 4.12. The van der Waals surface area contributed by atoms with Crippen LogP contribution < -0.4 is 0 Å². The van der Waals surface area contributed by atoms with Crippen molar-refractivity contribution in [2.24, 2.45) is 0 Å². The third-order valence-corrected chi connectivity index (χ3v) is 0.469. The van der Waals surface area contributed by atoms with Crippen molar-refractivity contribution in [3.63, 3.8) is 0 Å². The van der Waals surface area contributed by atoms with E-state index in [9.17, 15) is 0 Å². The van der Waals surface area contributed by atoms with Gasteiger partial charge in [-0.1, -0.05) is 18.7 Å². The van der Waals surface area contributed by atoms with E-state index in [1.54, 1.807) is 6.08 Å². The Morgan fingerprint density at radius 2 is 1.71 bits per heavy atom. The lowest BCUT2D eigenvalue weighted by Gasteiger charge is -1.56. The molecule has 7 heavy (non-hydrogen) atoms.